The second kappa shape index (κ2) is 8.76. The molecule has 0 aliphatic heterocycles. The van der Waals surface area contributed by atoms with Crippen LogP contribution in [0.15, 0.2) is 30.3 Å². The molecule has 0 fully saturated rings. The standard InChI is InChI=1S/C18H17F4N3O4/c1-10-3-5-14(25(27)28)17(11(10)2)24-16(26)8-23-13-7-12(19)4-6-15(13)29-9-18(20,21)22/h3-7,23H,8-9H2,1-2H3,(H,24,26). The van der Waals surface area contributed by atoms with E-state index in [-0.39, 0.29) is 22.8 Å². The first kappa shape index (κ1) is 21.9. The molecule has 11 heteroatoms. The van der Waals surface area contributed by atoms with E-state index in [0.717, 1.165) is 18.2 Å². The molecule has 2 N–H and O–H groups in total. The van der Waals surface area contributed by atoms with E-state index in [9.17, 15) is 32.5 Å². The van der Waals surface area contributed by atoms with Gasteiger partial charge < -0.3 is 15.4 Å². The van der Waals surface area contributed by atoms with Gasteiger partial charge in [-0.05, 0) is 37.1 Å². The van der Waals surface area contributed by atoms with Crippen LogP contribution in [0.5, 0.6) is 5.75 Å². The number of halogens is 4. The average Bonchev–Trinajstić information content (AvgIpc) is 2.62. The summed E-state index contributed by atoms with van der Waals surface area (Å²) < 4.78 is 55.1. The number of nitrogens with one attached hydrogen (secondary N) is 2. The Balaban J connectivity index is 2.13. The number of nitro benzene ring substituents is 1. The van der Waals surface area contributed by atoms with Gasteiger partial charge in [0.05, 0.1) is 17.2 Å². The molecule has 2 aromatic carbocycles. The number of alkyl halides is 3. The van der Waals surface area contributed by atoms with E-state index >= 15 is 0 Å². The Morgan fingerprint density at radius 1 is 1.21 bits per heavy atom. The molecular formula is C18H17F4N3O4. The number of carbonyl (C=O) groups excluding carboxylic acids is 1. The quantitative estimate of drug-likeness (QED) is 0.399. The molecule has 0 saturated carbocycles. The van der Waals surface area contributed by atoms with Gasteiger partial charge in [0.1, 0.15) is 17.3 Å². The molecular weight excluding hydrogens is 398 g/mol. The normalized spacial score (nSPS) is 11.1. The lowest BCUT2D eigenvalue weighted by molar-refractivity contribution is -0.384. The van der Waals surface area contributed by atoms with Crippen molar-refractivity contribution < 1.29 is 32.0 Å². The molecule has 7 nitrogen and oxygen atoms in total. The fourth-order valence-electron chi connectivity index (χ4n) is 2.40. The fraction of sp³-hybridized carbons (Fsp3) is 0.278. The summed E-state index contributed by atoms with van der Waals surface area (Å²) in [5, 5.41) is 16.1. The molecule has 0 aliphatic rings. The first-order valence-corrected chi connectivity index (χ1v) is 8.25. The summed E-state index contributed by atoms with van der Waals surface area (Å²) in [5.74, 6) is -1.76. The molecule has 2 rings (SSSR count). The summed E-state index contributed by atoms with van der Waals surface area (Å²) in [6.45, 7) is 1.23. The van der Waals surface area contributed by atoms with E-state index in [1.54, 1.807) is 19.9 Å². The molecule has 0 heterocycles. The zero-order valence-electron chi connectivity index (χ0n) is 15.4. The maximum absolute atomic E-state index is 13.4. The fourth-order valence-corrected chi connectivity index (χ4v) is 2.40. The summed E-state index contributed by atoms with van der Waals surface area (Å²) in [5.41, 5.74) is 0.746. The van der Waals surface area contributed by atoms with Crippen LogP contribution >= 0.6 is 0 Å². The summed E-state index contributed by atoms with van der Waals surface area (Å²) in [4.78, 5) is 22.7. The third-order valence-electron chi connectivity index (χ3n) is 3.95. The van der Waals surface area contributed by atoms with Gasteiger partial charge in [-0.25, -0.2) is 4.39 Å². The van der Waals surface area contributed by atoms with Gasteiger partial charge in [-0.3, -0.25) is 14.9 Å². The van der Waals surface area contributed by atoms with Gasteiger partial charge in [-0.15, -0.1) is 0 Å². The molecule has 0 unspecified atom stereocenters. The molecule has 1 amide bonds. The van der Waals surface area contributed by atoms with Gasteiger partial charge >= 0.3 is 6.18 Å². The van der Waals surface area contributed by atoms with Crippen molar-refractivity contribution in [3.05, 3.63) is 57.4 Å². The van der Waals surface area contributed by atoms with Gasteiger partial charge in [0.2, 0.25) is 5.91 Å². The topological polar surface area (TPSA) is 93.5 Å². The number of nitro groups is 1. The van der Waals surface area contributed by atoms with Gasteiger partial charge in [0.25, 0.3) is 5.69 Å². The lowest BCUT2D eigenvalue weighted by Gasteiger charge is -2.15. The van der Waals surface area contributed by atoms with E-state index in [2.05, 4.69) is 15.4 Å². The minimum atomic E-state index is -4.59. The summed E-state index contributed by atoms with van der Waals surface area (Å²) in [6.07, 6.45) is -4.59. The number of aryl methyl sites for hydroxylation is 1. The number of amides is 1. The second-order valence-corrected chi connectivity index (χ2v) is 6.10. The van der Waals surface area contributed by atoms with Gasteiger partial charge in [0, 0.05) is 12.1 Å². The Morgan fingerprint density at radius 2 is 1.90 bits per heavy atom. The Morgan fingerprint density at radius 3 is 2.52 bits per heavy atom. The first-order chi connectivity index (χ1) is 13.5. The van der Waals surface area contributed by atoms with E-state index in [1.165, 1.54) is 6.07 Å². The highest BCUT2D eigenvalue weighted by atomic mass is 19.4. The molecule has 2 aromatic rings. The molecule has 156 valence electrons. The number of benzene rings is 2. The van der Waals surface area contributed by atoms with Crippen LogP contribution in [-0.2, 0) is 4.79 Å². The summed E-state index contributed by atoms with van der Waals surface area (Å²) >= 11 is 0. The molecule has 0 aliphatic carbocycles. The lowest BCUT2D eigenvalue weighted by atomic mass is 10.1. The SMILES string of the molecule is Cc1ccc([N+](=O)[O-])c(NC(=O)CNc2cc(F)ccc2OCC(F)(F)F)c1C. The van der Waals surface area contributed by atoms with Crippen molar-refractivity contribution in [2.75, 3.05) is 23.8 Å². The molecule has 0 radical (unpaired) electrons. The molecule has 0 spiro atoms. The van der Waals surface area contributed by atoms with Gasteiger partial charge in [-0.2, -0.15) is 13.2 Å². The van der Waals surface area contributed by atoms with Crippen LogP contribution in [0.25, 0.3) is 0 Å². The minimum absolute atomic E-state index is 0.00888. The highest BCUT2D eigenvalue weighted by Gasteiger charge is 2.29. The smallest absolute Gasteiger partial charge is 0.422 e. The van der Waals surface area contributed by atoms with Gasteiger partial charge in [-0.1, -0.05) is 6.07 Å². The largest absolute Gasteiger partial charge is 0.482 e. The average molecular weight is 415 g/mol. The molecule has 29 heavy (non-hydrogen) atoms. The predicted molar refractivity (Wildman–Crippen MR) is 97.6 cm³/mol. The molecule has 0 atom stereocenters. The Labute approximate surface area is 162 Å². The summed E-state index contributed by atoms with van der Waals surface area (Å²) in [6, 6.07) is 5.58. The van der Waals surface area contributed by atoms with Crippen LogP contribution in [0.2, 0.25) is 0 Å². The van der Waals surface area contributed by atoms with Crippen LogP contribution in [0.3, 0.4) is 0 Å². The van der Waals surface area contributed by atoms with E-state index in [1.807, 2.05) is 0 Å². The number of hydrogen-bond acceptors (Lipinski definition) is 5. The monoisotopic (exact) mass is 415 g/mol. The zero-order chi connectivity index (χ0) is 21.8. The van der Waals surface area contributed by atoms with E-state index < -0.39 is 36.0 Å². The Kier molecular flexibility index (Phi) is 6.62. The zero-order valence-corrected chi connectivity index (χ0v) is 15.4. The van der Waals surface area contributed by atoms with Crippen molar-refractivity contribution in [1.82, 2.24) is 0 Å². The lowest BCUT2D eigenvalue weighted by Crippen LogP contribution is -2.24. The number of ether oxygens (including phenoxy) is 1. The van der Waals surface area contributed by atoms with Crippen LogP contribution in [0.4, 0.5) is 34.6 Å². The van der Waals surface area contributed by atoms with Crippen molar-refractivity contribution in [3.63, 3.8) is 0 Å². The first-order valence-electron chi connectivity index (χ1n) is 8.25. The highest BCUT2D eigenvalue weighted by molar-refractivity contribution is 5.97. The Hall–Kier alpha value is -3.37. The number of rotatable bonds is 7. The maximum Gasteiger partial charge on any atom is 0.422 e. The van der Waals surface area contributed by atoms with Gasteiger partial charge in [0.15, 0.2) is 6.61 Å². The van der Waals surface area contributed by atoms with E-state index in [4.69, 9.17) is 0 Å². The third kappa shape index (κ3) is 6.06. The Bertz CT molecular complexity index is 932. The minimum Gasteiger partial charge on any atom is -0.482 e. The van der Waals surface area contributed by atoms with Crippen LogP contribution in [0.1, 0.15) is 11.1 Å². The van der Waals surface area contributed by atoms with Crippen LogP contribution in [0, 0.1) is 29.8 Å². The van der Waals surface area contributed by atoms with Crippen molar-refractivity contribution in [2.45, 2.75) is 20.0 Å². The van der Waals surface area contributed by atoms with Crippen molar-refractivity contribution >= 4 is 23.0 Å². The number of carbonyl (C=O) groups is 1. The number of anilines is 2. The van der Waals surface area contributed by atoms with E-state index in [0.29, 0.717) is 11.1 Å². The third-order valence-corrected chi connectivity index (χ3v) is 3.95. The number of hydrogen-bond donors (Lipinski definition) is 2. The predicted octanol–water partition coefficient (Wildman–Crippen LogP) is 4.34. The van der Waals surface area contributed by atoms with Crippen LogP contribution in [-0.4, -0.2) is 30.2 Å². The van der Waals surface area contributed by atoms with Crippen LogP contribution < -0.4 is 15.4 Å². The molecule has 0 bridgehead atoms. The second-order valence-electron chi connectivity index (χ2n) is 6.10. The number of nitrogens with zero attached hydrogens (tertiary/aromatic N) is 1. The molecule has 0 saturated heterocycles. The molecule has 0 aromatic heterocycles. The van der Waals surface area contributed by atoms with Crippen molar-refractivity contribution in [1.29, 1.82) is 0 Å². The maximum atomic E-state index is 13.4. The van der Waals surface area contributed by atoms with Crippen molar-refractivity contribution in [3.8, 4) is 5.75 Å². The highest BCUT2D eigenvalue weighted by Crippen LogP contribution is 2.31. The summed E-state index contributed by atoms with van der Waals surface area (Å²) in [7, 11) is 0. The van der Waals surface area contributed by atoms with Crippen molar-refractivity contribution in [2.24, 2.45) is 0 Å².